The number of nitrogens with one attached hydrogen (secondary N) is 1. The molecule has 1 aromatic carbocycles. The molecule has 0 bridgehead atoms. The predicted molar refractivity (Wildman–Crippen MR) is 116 cm³/mol. The van der Waals surface area contributed by atoms with Crippen LogP contribution in [0.4, 0.5) is 5.82 Å². The summed E-state index contributed by atoms with van der Waals surface area (Å²) in [5, 5.41) is 2.90. The van der Waals surface area contributed by atoms with Crippen molar-refractivity contribution in [2.75, 3.05) is 18.0 Å². The predicted octanol–water partition coefficient (Wildman–Crippen LogP) is 4.45. The Morgan fingerprint density at radius 3 is 2.28 bits per heavy atom. The van der Waals surface area contributed by atoms with Crippen molar-refractivity contribution in [2.24, 2.45) is 0 Å². The van der Waals surface area contributed by atoms with Gasteiger partial charge in [0.1, 0.15) is 5.82 Å². The molecule has 1 amide bonds. The van der Waals surface area contributed by atoms with E-state index in [-0.39, 0.29) is 5.91 Å². The number of amides is 1. The molecule has 1 aliphatic rings. The summed E-state index contributed by atoms with van der Waals surface area (Å²) >= 11 is 0. The Hall–Kier alpha value is -3.21. The number of nitrogens with zero attached hydrogens (tertiary/aromatic N) is 3. The number of pyridine rings is 2. The van der Waals surface area contributed by atoms with Gasteiger partial charge in [-0.05, 0) is 54.8 Å². The lowest BCUT2D eigenvalue weighted by Gasteiger charge is -2.21. The maximum Gasteiger partial charge on any atom is 0.251 e. The molecule has 148 valence electrons. The molecule has 1 fully saturated rings. The van der Waals surface area contributed by atoms with Gasteiger partial charge >= 0.3 is 0 Å². The summed E-state index contributed by atoms with van der Waals surface area (Å²) in [7, 11) is 0. The molecule has 0 saturated carbocycles. The third-order valence-corrected chi connectivity index (χ3v) is 5.31. The quantitative estimate of drug-likeness (QED) is 0.704. The highest BCUT2D eigenvalue weighted by molar-refractivity contribution is 5.94. The number of anilines is 1. The Bertz CT molecular complexity index is 915. The first-order chi connectivity index (χ1) is 14.3. The Balaban J connectivity index is 1.38. The monoisotopic (exact) mass is 386 g/mol. The fraction of sp³-hybridized carbons (Fsp3) is 0.292. The molecule has 29 heavy (non-hydrogen) atoms. The number of hydrogen-bond donors (Lipinski definition) is 1. The number of benzene rings is 1. The highest BCUT2D eigenvalue weighted by atomic mass is 16.1. The second-order valence-corrected chi connectivity index (χ2v) is 7.39. The third kappa shape index (κ3) is 4.99. The van der Waals surface area contributed by atoms with Crippen molar-refractivity contribution < 1.29 is 4.79 Å². The number of hydrogen-bond acceptors (Lipinski definition) is 4. The molecule has 1 saturated heterocycles. The van der Waals surface area contributed by atoms with Crippen molar-refractivity contribution in [3.05, 3.63) is 78.2 Å². The highest BCUT2D eigenvalue weighted by Gasteiger charge is 2.11. The van der Waals surface area contributed by atoms with Crippen molar-refractivity contribution >= 4 is 11.7 Å². The van der Waals surface area contributed by atoms with E-state index < -0.39 is 0 Å². The van der Waals surface area contributed by atoms with Gasteiger partial charge in [-0.2, -0.15) is 0 Å². The zero-order valence-corrected chi connectivity index (χ0v) is 16.6. The average Bonchev–Trinajstić information content (AvgIpc) is 3.08. The third-order valence-electron chi connectivity index (χ3n) is 5.31. The first-order valence-electron chi connectivity index (χ1n) is 10.3. The Labute approximate surface area is 171 Å². The second-order valence-electron chi connectivity index (χ2n) is 7.39. The van der Waals surface area contributed by atoms with Crippen molar-refractivity contribution in [1.82, 2.24) is 15.3 Å². The van der Waals surface area contributed by atoms with Crippen molar-refractivity contribution in [3.8, 4) is 11.1 Å². The number of carbonyl (C=O) groups excluding carboxylic acids is 1. The van der Waals surface area contributed by atoms with E-state index in [1.54, 1.807) is 6.20 Å². The summed E-state index contributed by atoms with van der Waals surface area (Å²) < 4.78 is 0. The lowest BCUT2D eigenvalue weighted by molar-refractivity contribution is 0.0950. The minimum absolute atomic E-state index is 0.100. The molecular weight excluding hydrogens is 360 g/mol. The van der Waals surface area contributed by atoms with Gasteiger partial charge in [-0.15, -0.1) is 0 Å². The van der Waals surface area contributed by atoms with E-state index in [0.717, 1.165) is 35.7 Å². The minimum atomic E-state index is -0.100. The molecule has 0 unspecified atom stereocenters. The average molecular weight is 386 g/mol. The van der Waals surface area contributed by atoms with Crippen LogP contribution in [0.15, 0.2) is 67.0 Å². The molecule has 0 spiro atoms. The van der Waals surface area contributed by atoms with Crippen LogP contribution in [-0.4, -0.2) is 29.0 Å². The van der Waals surface area contributed by atoms with Crippen LogP contribution in [0.5, 0.6) is 0 Å². The first kappa shape index (κ1) is 19.1. The first-order valence-corrected chi connectivity index (χ1v) is 10.3. The molecule has 5 heteroatoms. The SMILES string of the molecule is O=C(NCc1ccccn1)c1ccc(-c2ccc(N3CCCCCC3)nc2)cc1. The zero-order chi connectivity index (χ0) is 19.9. The molecule has 0 atom stereocenters. The van der Waals surface area contributed by atoms with E-state index in [1.165, 1.54) is 25.7 Å². The molecule has 1 aliphatic heterocycles. The van der Waals surface area contributed by atoms with Gasteiger partial charge in [0.15, 0.2) is 0 Å². The summed E-state index contributed by atoms with van der Waals surface area (Å²) in [6.07, 6.45) is 8.77. The van der Waals surface area contributed by atoms with E-state index in [0.29, 0.717) is 12.1 Å². The molecular formula is C24H26N4O. The molecule has 1 N–H and O–H groups in total. The van der Waals surface area contributed by atoms with E-state index in [4.69, 9.17) is 0 Å². The van der Waals surface area contributed by atoms with Gasteiger partial charge in [-0.3, -0.25) is 9.78 Å². The van der Waals surface area contributed by atoms with Crippen LogP contribution in [0, 0.1) is 0 Å². The van der Waals surface area contributed by atoms with Crippen LogP contribution in [0.1, 0.15) is 41.7 Å². The molecule has 0 aliphatic carbocycles. The van der Waals surface area contributed by atoms with Crippen LogP contribution in [0.25, 0.3) is 11.1 Å². The standard InChI is InChI=1S/C24H26N4O/c29-24(27-18-22-7-3-4-14-25-22)20-10-8-19(9-11-20)21-12-13-23(26-17-21)28-15-5-1-2-6-16-28/h3-4,7-14,17H,1-2,5-6,15-16,18H2,(H,27,29). The highest BCUT2D eigenvalue weighted by Crippen LogP contribution is 2.23. The van der Waals surface area contributed by atoms with Gasteiger partial charge in [0.2, 0.25) is 0 Å². The smallest absolute Gasteiger partial charge is 0.251 e. The summed E-state index contributed by atoms with van der Waals surface area (Å²) in [6, 6.07) is 17.5. The largest absolute Gasteiger partial charge is 0.357 e. The molecule has 2 aromatic heterocycles. The maximum absolute atomic E-state index is 12.4. The molecule has 5 nitrogen and oxygen atoms in total. The van der Waals surface area contributed by atoms with Crippen LogP contribution < -0.4 is 10.2 Å². The Morgan fingerprint density at radius 2 is 1.62 bits per heavy atom. The summed E-state index contributed by atoms with van der Waals surface area (Å²) in [4.78, 5) is 23.6. The van der Waals surface area contributed by atoms with Gasteiger partial charge < -0.3 is 10.2 Å². The van der Waals surface area contributed by atoms with E-state index >= 15 is 0 Å². The summed E-state index contributed by atoms with van der Waals surface area (Å²) in [5.41, 5.74) is 3.59. The van der Waals surface area contributed by atoms with E-state index in [9.17, 15) is 4.79 Å². The lowest BCUT2D eigenvalue weighted by atomic mass is 10.1. The van der Waals surface area contributed by atoms with Crippen LogP contribution in [0.3, 0.4) is 0 Å². The van der Waals surface area contributed by atoms with Crippen molar-refractivity contribution in [2.45, 2.75) is 32.2 Å². The van der Waals surface area contributed by atoms with Gasteiger partial charge in [0, 0.05) is 36.6 Å². The summed E-state index contributed by atoms with van der Waals surface area (Å²) in [5.74, 6) is 0.956. The fourth-order valence-corrected chi connectivity index (χ4v) is 3.63. The Morgan fingerprint density at radius 1 is 0.862 bits per heavy atom. The minimum Gasteiger partial charge on any atom is -0.357 e. The van der Waals surface area contributed by atoms with Crippen LogP contribution in [-0.2, 0) is 6.54 Å². The summed E-state index contributed by atoms with van der Waals surface area (Å²) in [6.45, 7) is 2.60. The van der Waals surface area contributed by atoms with Gasteiger partial charge in [0.05, 0.1) is 12.2 Å². The zero-order valence-electron chi connectivity index (χ0n) is 16.6. The number of aromatic nitrogens is 2. The van der Waals surface area contributed by atoms with E-state index in [2.05, 4.69) is 32.3 Å². The molecule has 3 aromatic rings. The number of rotatable bonds is 5. The molecule has 3 heterocycles. The Kier molecular flexibility index (Phi) is 6.15. The van der Waals surface area contributed by atoms with Crippen molar-refractivity contribution in [1.29, 1.82) is 0 Å². The van der Waals surface area contributed by atoms with Gasteiger partial charge in [-0.25, -0.2) is 4.98 Å². The maximum atomic E-state index is 12.4. The normalized spacial score (nSPS) is 14.3. The van der Waals surface area contributed by atoms with Gasteiger partial charge in [-0.1, -0.05) is 31.0 Å². The van der Waals surface area contributed by atoms with E-state index in [1.807, 2.05) is 48.7 Å². The van der Waals surface area contributed by atoms with Crippen molar-refractivity contribution in [3.63, 3.8) is 0 Å². The molecule has 0 radical (unpaired) electrons. The lowest BCUT2D eigenvalue weighted by Crippen LogP contribution is -2.24. The molecule has 4 rings (SSSR count). The second kappa shape index (κ2) is 9.32. The van der Waals surface area contributed by atoms with Crippen LogP contribution in [0.2, 0.25) is 0 Å². The van der Waals surface area contributed by atoms with Gasteiger partial charge in [0.25, 0.3) is 5.91 Å². The van der Waals surface area contributed by atoms with Crippen LogP contribution >= 0.6 is 0 Å². The fourth-order valence-electron chi connectivity index (χ4n) is 3.63. The topological polar surface area (TPSA) is 58.1 Å². The number of carbonyl (C=O) groups is 1.